The lowest BCUT2D eigenvalue weighted by molar-refractivity contribution is -0.163. The van der Waals surface area contributed by atoms with E-state index in [1.807, 2.05) is 0 Å². The largest absolute Gasteiger partial charge is 0.383 e. The van der Waals surface area contributed by atoms with Gasteiger partial charge in [0.25, 0.3) is 0 Å². The van der Waals surface area contributed by atoms with E-state index in [1.54, 1.807) is 19.2 Å². The normalized spacial score (nSPS) is 12.3. The molecule has 1 heterocycles. The summed E-state index contributed by atoms with van der Waals surface area (Å²) in [5.74, 6) is -6.89. The van der Waals surface area contributed by atoms with Crippen molar-refractivity contribution in [1.82, 2.24) is 9.78 Å². The number of halogens is 4. The minimum Gasteiger partial charge on any atom is -0.318 e. The molecule has 1 amide bonds. The van der Waals surface area contributed by atoms with Gasteiger partial charge in [0.1, 0.15) is 0 Å². The van der Waals surface area contributed by atoms with Gasteiger partial charge in [-0.1, -0.05) is 13.8 Å². The first kappa shape index (κ1) is 14.5. The summed E-state index contributed by atoms with van der Waals surface area (Å²) >= 11 is 0. The minimum atomic E-state index is -4.72. The quantitative estimate of drug-likeness (QED) is 0.851. The van der Waals surface area contributed by atoms with Crippen molar-refractivity contribution in [3.8, 4) is 0 Å². The summed E-state index contributed by atoms with van der Waals surface area (Å²) in [4.78, 5) is 11.1. The molecular formula is C10H13F4N3O. The summed E-state index contributed by atoms with van der Waals surface area (Å²) in [5, 5.41) is 5.74. The molecule has 0 aliphatic heterocycles. The average Bonchev–Trinajstić information content (AvgIpc) is 2.59. The van der Waals surface area contributed by atoms with E-state index in [0.717, 1.165) is 0 Å². The Hall–Kier alpha value is -1.60. The first-order valence-corrected chi connectivity index (χ1v) is 5.17. The van der Waals surface area contributed by atoms with E-state index in [0.29, 0.717) is 5.69 Å². The molecule has 18 heavy (non-hydrogen) atoms. The molecule has 0 aliphatic rings. The van der Waals surface area contributed by atoms with Crippen LogP contribution in [0.2, 0.25) is 0 Å². The van der Waals surface area contributed by atoms with Crippen LogP contribution in [0.15, 0.2) is 6.20 Å². The number of aromatic nitrogens is 2. The minimum absolute atomic E-state index is 0.0119. The van der Waals surface area contributed by atoms with Crippen molar-refractivity contribution in [1.29, 1.82) is 0 Å². The smallest absolute Gasteiger partial charge is 0.318 e. The second-order valence-electron chi connectivity index (χ2n) is 4.13. The van der Waals surface area contributed by atoms with Gasteiger partial charge in [0.2, 0.25) is 0 Å². The number of nitrogens with one attached hydrogen (secondary N) is 1. The van der Waals surface area contributed by atoms with Gasteiger partial charge in [-0.15, -0.1) is 0 Å². The molecule has 0 spiro atoms. The summed E-state index contributed by atoms with van der Waals surface area (Å²) in [6, 6.07) is 0. The molecule has 1 rings (SSSR count). The van der Waals surface area contributed by atoms with Crippen LogP contribution in [0.25, 0.3) is 0 Å². The van der Waals surface area contributed by atoms with Crippen molar-refractivity contribution in [3.63, 3.8) is 0 Å². The Morgan fingerprint density at radius 3 is 2.44 bits per heavy atom. The summed E-state index contributed by atoms with van der Waals surface area (Å²) in [6.45, 7) is 3.48. The lowest BCUT2D eigenvalue weighted by Gasteiger charge is -2.15. The van der Waals surface area contributed by atoms with Crippen LogP contribution in [0.4, 0.5) is 23.2 Å². The maximum Gasteiger partial charge on any atom is 0.383 e. The van der Waals surface area contributed by atoms with Crippen LogP contribution < -0.4 is 5.32 Å². The summed E-state index contributed by atoms with van der Waals surface area (Å²) in [5.41, 5.74) is 0.369. The van der Waals surface area contributed by atoms with Gasteiger partial charge in [0.05, 0.1) is 11.4 Å². The van der Waals surface area contributed by atoms with Gasteiger partial charge in [0.15, 0.2) is 0 Å². The zero-order valence-corrected chi connectivity index (χ0v) is 10.0. The highest BCUT2D eigenvalue weighted by Crippen LogP contribution is 2.27. The molecule has 0 saturated heterocycles. The fraction of sp³-hybridized carbons (Fsp3) is 0.600. The van der Waals surface area contributed by atoms with Gasteiger partial charge in [-0.3, -0.25) is 9.48 Å². The van der Waals surface area contributed by atoms with Crippen LogP contribution in [0.1, 0.15) is 25.5 Å². The molecule has 0 bridgehead atoms. The maximum absolute atomic E-state index is 12.8. The summed E-state index contributed by atoms with van der Waals surface area (Å²) in [6.07, 6.45) is -2.76. The topological polar surface area (TPSA) is 46.9 Å². The SMILES string of the molecule is CC(C)c1nn(C)cc1NC(=O)C(F)(F)C(F)F. The van der Waals surface area contributed by atoms with Crippen molar-refractivity contribution in [2.75, 3.05) is 5.32 Å². The van der Waals surface area contributed by atoms with Crippen LogP contribution >= 0.6 is 0 Å². The first-order chi connectivity index (χ1) is 8.16. The number of hydrogen-bond donors (Lipinski definition) is 1. The van der Waals surface area contributed by atoms with E-state index in [4.69, 9.17) is 0 Å². The molecule has 0 atom stereocenters. The van der Waals surface area contributed by atoms with Gasteiger partial charge < -0.3 is 5.32 Å². The van der Waals surface area contributed by atoms with Crippen molar-refractivity contribution >= 4 is 11.6 Å². The predicted octanol–water partition coefficient (Wildman–Crippen LogP) is 2.38. The fourth-order valence-corrected chi connectivity index (χ4v) is 1.33. The second kappa shape index (κ2) is 4.95. The molecule has 1 N–H and O–H groups in total. The molecule has 0 aliphatic carbocycles. The zero-order chi connectivity index (χ0) is 14.1. The van der Waals surface area contributed by atoms with E-state index in [2.05, 4.69) is 5.10 Å². The van der Waals surface area contributed by atoms with Gasteiger partial charge in [-0.25, -0.2) is 8.78 Å². The third-order valence-electron chi connectivity index (χ3n) is 2.23. The predicted molar refractivity (Wildman–Crippen MR) is 56.9 cm³/mol. The molecule has 1 aromatic rings. The van der Waals surface area contributed by atoms with Gasteiger partial charge in [-0.2, -0.15) is 13.9 Å². The Morgan fingerprint density at radius 1 is 1.44 bits per heavy atom. The number of rotatable bonds is 4. The lowest BCUT2D eigenvalue weighted by Crippen LogP contribution is -2.41. The molecule has 0 aromatic carbocycles. The van der Waals surface area contributed by atoms with E-state index >= 15 is 0 Å². The van der Waals surface area contributed by atoms with Crippen molar-refractivity contribution < 1.29 is 22.4 Å². The van der Waals surface area contributed by atoms with Crippen LogP contribution in [-0.2, 0) is 11.8 Å². The number of aryl methyl sites for hydroxylation is 1. The Balaban J connectivity index is 2.95. The summed E-state index contributed by atoms with van der Waals surface area (Å²) in [7, 11) is 1.53. The molecule has 8 heteroatoms. The molecular weight excluding hydrogens is 254 g/mol. The van der Waals surface area contributed by atoms with Crippen LogP contribution in [0.3, 0.4) is 0 Å². The molecule has 0 saturated carbocycles. The van der Waals surface area contributed by atoms with Gasteiger partial charge in [-0.05, 0) is 5.92 Å². The number of nitrogens with zero attached hydrogens (tertiary/aromatic N) is 2. The molecule has 102 valence electrons. The highest BCUT2D eigenvalue weighted by atomic mass is 19.3. The van der Waals surface area contributed by atoms with Crippen LogP contribution in [0, 0.1) is 0 Å². The van der Waals surface area contributed by atoms with Crippen molar-refractivity contribution in [2.24, 2.45) is 7.05 Å². The van der Waals surface area contributed by atoms with Gasteiger partial charge in [0, 0.05) is 13.2 Å². The number of amides is 1. The van der Waals surface area contributed by atoms with E-state index in [1.165, 1.54) is 17.9 Å². The fourth-order valence-electron chi connectivity index (χ4n) is 1.33. The van der Waals surface area contributed by atoms with Crippen molar-refractivity contribution in [3.05, 3.63) is 11.9 Å². The van der Waals surface area contributed by atoms with E-state index in [-0.39, 0.29) is 11.6 Å². The maximum atomic E-state index is 12.8. The monoisotopic (exact) mass is 267 g/mol. The third-order valence-corrected chi connectivity index (χ3v) is 2.23. The Labute approximate surface area is 101 Å². The highest BCUT2D eigenvalue weighted by molar-refractivity contribution is 5.96. The van der Waals surface area contributed by atoms with E-state index < -0.39 is 18.3 Å². The van der Waals surface area contributed by atoms with Crippen LogP contribution in [0.5, 0.6) is 0 Å². The third kappa shape index (κ3) is 2.80. The lowest BCUT2D eigenvalue weighted by atomic mass is 10.1. The highest BCUT2D eigenvalue weighted by Gasteiger charge is 2.49. The summed E-state index contributed by atoms with van der Waals surface area (Å²) < 4.78 is 50.9. The second-order valence-corrected chi connectivity index (χ2v) is 4.13. The molecule has 0 fully saturated rings. The number of alkyl halides is 4. The van der Waals surface area contributed by atoms with E-state index in [9.17, 15) is 22.4 Å². The zero-order valence-electron chi connectivity index (χ0n) is 10.0. The Bertz CT molecular complexity index is 442. The number of carbonyl (C=O) groups is 1. The first-order valence-electron chi connectivity index (χ1n) is 5.17. The molecule has 0 unspecified atom stereocenters. The number of anilines is 1. The molecule has 1 aromatic heterocycles. The Kier molecular flexibility index (Phi) is 3.98. The Morgan fingerprint density at radius 2 is 2.00 bits per heavy atom. The van der Waals surface area contributed by atoms with Crippen LogP contribution in [-0.4, -0.2) is 28.0 Å². The van der Waals surface area contributed by atoms with Gasteiger partial charge >= 0.3 is 18.3 Å². The number of carbonyl (C=O) groups excluding carboxylic acids is 1. The molecule has 4 nitrogen and oxygen atoms in total. The average molecular weight is 267 g/mol. The van der Waals surface area contributed by atoms with Crippen molar-refractivity contribution in [2.45, 2.75) is 32.1 Å². The standard InChI is InChI=1S/C10H13F4N3O/c1-5(2)7-6(4-17(3)16-7)15-9(18)10(13,14)8(11)12/h4-5,8H,1-3H3,(H,15,18). The molecule has 0 radical (unpaired) electrons. The number of hydrogen-bond acceptors (Lipinski definition) is 2.